The van der Waals surface area contributed by atoms with E-state index >= 15 is 0 Å². The van der Waals surface area contributed by atoms with Crippen molar-refractivity contribution >= 4 is 5.91 Å². The molecule has 2 rings (SSSR count). The molecule has 1 aliphatic heterocycles. The number of hydrogen-bond acceptors (Lipinski definition) is 4. The number of phenols is 1. The molecule has 0 aliphatic carbocycles. The fourth-order valence-corrected chi connectivity index (χ4v) is 2.31. The van der Waals surface area contributed by atoms with Gasteiger partial charge in [-0.2, -0.15) is 0 Å². The van der Waals surface area contributed by atoms with Gasteiger partial charge in [-0.15, -0.1) is 0 Å². The highest BCUT2D eigenvalue weighted by molar-refractivity contribution is 5.97. The summed E-state index contributed by atoms with van der Waals surface area (Å²) in [5.41, 5.74) is 0.247. The Hall–Kier alpha value is -1.75. The molecule has 1 aromatic rings. The number of carbonyl (C=O) groups is 1. The molecule has 5 heteroatoms. The average Bonchev–Trinajstić information content (AvgIpc) is 2.42. The first-order valence-corrected chi connectivity index (χ1v) is 6.53. The molecule has 1 aliphatic rings. The van der Waals surface area contributed by atoms with Gasteiger partial charge in [0.25, 0.3) is 5.91 Å². The van der Waals surface area contributed by atoms with Gasteiger partial charge >= 0.3 is 0 Å². The Bertz CT molecular complexity index is 462. The van der Waals surface area contributed by atoms with Crippen molar-refractivity contribution in [1.29, 1.82) is 0 Å². The lowest BCUT2D eigenvalue weighted by Gasteiger charge is -2.30. The highest BCUT2D eigenvalue weighted by Gasteiger charge is 2.24. The molecule has 1 aromatic carbocycles. The maximum atomic E-state index is 12.2. The second-order valence-corrected chi connectivity index (χ2v) is 4.85. The molecule has 19 heavy (non-hydrogen) atoms. The number of ether oxygens (including phenoxy) is 1. The third-order valence-corrected chi connectivity index (χ3v) is 3.53. The number of hydrogen-bond donors (Lipinski definition) is 3. The number of carbonyl (C=O) groups excluding carboxylic acids is 1. The van der Waals surface area contributed by atoms with Crippen LogP contribution in [-0.2, 0) is 0 Å². The molecule has 1 saturated heterocycles. The lowest BCUT2D eigenvalue weighted by molar-refractivity contribution is 0.0917. The molecule has 0 radical (unpaired) electrons. The Morgan fingerprint density at radius 1 is 1.53 bits per heavy atom. The molecular formula is C14H20N2O3. The highest BCUT2D eigenvalue weighted by atomic mass is 16.5. The fourth-order valence-electron chi connectivity index (χ4n) is 2.31. The van der Waals surface area contributed by atoms with Gasteiger partial charge in [-0.05, 0) is 44.5 Å². The first-order chi connectivity index (χ1) is 9.11. The third kappa shape index (κ3) is 3.17. The molecule has 1 amide bonds. The Morgan fingerprint density at radius 2 is 2.32 bits per heavy atom. The molecule has 1 fully saturated rings. The van der Waals surface area contributed by atoms with Gasteiger partial charge in [0.15, 0.2) is 0 Å². The van der Waals surface area contributed by atoms with Crippen LogP contribution in [0.25, 0.3) is 0 Å². The van der Waals surface area contributed by atoms with E-state index in [9.17, 15) is 9.90 Å². The summed E-state index contributed by atoms with van der Waals surface area (Å²) in [6.45, 7) is 3.04. The second kappa shape index (κ2) is 5.93. The van der Waals surface area contributed by atoms with Crippen LogP contribution in [0, 0.1) is 0 Å². The van der Waals surface area contributed by atoms with Gasteiger partial charge < -0.3 is 20.5 Å². The molecule has 104 valence electrons. The van der Waals surface area contributed by atoms with Gasteiger partial charge in [0, 0.05) is 12.1 Å². The summed E-state index contributed by atoms with van der Waals surface area (Å²) < 4.78 is 5.07. The second-order valence-electron chi connectivity index (χ2n) is 4.85. The average molecular weight is 264 g/mol. The van der Waals surface area contributed by atoms with Crippen molar-refractivity contribution in [2.24, 2.45) is 0 Å². The molecule has 3 N–H and O–H groups in total. The van der Waals surface area contributed by atoms with E-state index in [2.05, 4.69) is 17.6 Å². The van der Waals surface area contributed by atoms with E-state index in [1.54, 1.807) is 12.1 Å². The molecule has 1 heterocycles. The van der Waals surface area contributed by atoms with Crippen LogP contribution >= 0.6 is 0 Å². The van der Waals surface area contributed by atoms with Crippen molar-refractivity contribution < 1.29 is 14.6 Å². The Morgan fingerprint density at radius 3 is 3.00 bits per heavy atom. The minimum absolute atomic E-state index is 0.0327. The van der Waals surface area contributed by atoms with Gasteiger partial charge in [-0.1, -0.05) is 0 Å². The Labute approximate surface area is 113 Å². The van der Waals surface area contributed by atoms with Crippen LogP contribution in [-0.4, -0.2) is 36.8 Å². The van der Waals surface area contributed by atoms with Crippen LogP contribution in [0.15, 0.2) is 18.2 Å². The van der Waals surface area contributed by atoms with Crippen molar-refractivity contribution in [2.75, 3.05) is 13.7 Å². The van der Waals surface area contributed by atoms with Crippen molar-refractivity contribution in [2.45, 2.75) is 31.8 Å². The monoisotopic (exact) mass is 264 g/mol. The molecule has 0 aromatic heterocycles. The van der Waals surface area contributed by atoms with Crippen molar-refractivity contribution in [1.82, 2.24) is 10.6 Å². The third-order valence-electron chi connectivity index (χ3n) is 3.53. The van der Waals surface area contributed by atoms with E-state index < -0.39 is 0 Å². The molecule has 0 bridgehead atoms. The standard InChI is InChI=1S/C14H20N2O3/c1-9-12(4-3-7-15-9)16-14(18)11-8-10(19-2)5-6-13(11)17/h5-6,8-9,12,15,17H,3-4,7H2,1-2H3,(H,16,18). The van der Waals surface area contributed by atoms with Crippen LogP contribution in [0.3, 0.4) is 0 Å². The largest absolute Gasteiger partial charge is 0.507 e. The number of rotatable bonds is 3. The van der Waals surface area contributed by atoms with E-state index in [0.717, 1.165) is 19.4 Å². The zero-order chi connectivity index (χ0) is 13.8. The van der Waals surface area contributed by atoms with Crippen LogP contribution in [0.4, 0.5) is 0 Å². The van der Waals surface area contributed by atoms with E-state index in [1.165, 1.54) is 13.2 Å². The Kier molecular flexibility index (Phi) is 4.27. The minimum atomic E-state index is -0.267. The van der Waals surface area contributed by atoms with E-state index in [4.69, 9.17) is 4.74 Å². The van der Waals surface area contributed by atoms with Crippen LogP contribution < -0.4 is 15.4 Å². The van der Waals surface area contributed by atoms with Gasteiger partial charge in [-0.25, -0.2) is 0 Å². The number of piperidine rings is 1. The topological polar surface area (TPSA) is 70.6 Å². The smallest absolute Gasteiger partial charge is 0.255 e. The molecule has 0 spiro atoms. The summed E-state index contributed by atoms with van der Waals surface area (Å²) in [7, 11) is 1.53. The molecular weight excluding hydrogens is 244 g/mol. The van der Waals surface area contributed by atoms with Gasteiger partial charge in [0.05, 0.1) is 12.7 Å². The zero-order valence-electron chi connectivity index (χ0n) is 11.3. The summed E-state index contributed by atoms with van der Waals surface area (Å²) in [6, 6.07) is 4.97. The minimum Gasteiger partial charge on any atom is -0.507 e. The fraction of sp³-hybridized carbons (Fsp3) is 0.500. The normalized spacial score (nSPS) is 22.8. The summed E-state index contributed by atoms with van der Waals surface area (Å²) >= 11 is 0. The van der Waals surface area contributed by atoms with Gasteiger partial charge in [0.2, 0.25) is 0 Å². The lowest BCUT2D eigenvalue weighted by Crippen LogP contribution is -2.51. The maximum absolute atomic E-state index is 12.2. The summed E-state index contributed by atoms with van der Waals surface area (Å²) in [5.74, 6) is 0.254. The first kappa shape index (κ1) is 13.7. The van der Waals surface area contributed by atoms with Crippen molar-refractivity contribution in [3.8, 4) is 11.5 Å². The summed E-state index contributed by atoms with van der Waals surface area (Å²) in [6.07, 6.45) is 1.99. The van der Waals surface area contributed by atoms with Crippen LogP contribution in [0.2, 0.25) is 0 Å². The molecule has 2 atom stereocenters. The lowest BCUT2D eigenvalue weighted by atomic mass is 9.99. The molecule has 0 saturated carbocycles. The SMILES string of the molecule is COc1ccc(O)c(C(=O)NC2CCCNC2C)c1. The highest BCUT2D eigenvalue weighted by Crippen LogP contribution is 2.23. The van der Waals surface area contributed by atoms with Crippen LogP contribution in [0.1, 0.15) is 30.1 Å². The van der Waals surface area contributed by atoms with Gasteiger partial charge in [0.1, 0.15) is 11.5 Å². The first-order valence-electron chi connectivity index (χ1n) is 6.53. The molecule has 5 nitrogen and oxygen atoms in total. The maximum Gasteiger partial charge on any atom is 0.255 e. The molecule has 2 unspecified atom stereocenters. The summed E-state index contributed by atoms with van der Waals surface area (Å²) in [4.78, 5) is 12.2. The number of benzene rings is 1. The number of nitrogens with one attached hydrogen (secondary N) is 2. The van der Waals surface area contributed by atoms with Gasteiger partial charge in [-0.3, -0.25) is 4.79 Å². The quantitative estimate of drug-likeness (QED) is 0.769. The number of phenolic OH excluding ortho intramolecular Hbond substituents is 1. The predicted octanol–water partition coefficient (Wildman–Crippen LogP) is 1.27. The number of aromatic hydroxyl groups is 1. The zero-order valence-corrected chi connectivity index (χ0v) is 11.3. The number of methoxy groups -OCH3 is 1. The van der Waals surface area contributed by atoms with E-state index in [-0.39, 0.29) is 29.3 Å². The Balaban J connectivity index is 2.10. The van der Waals surface area contributed by atoms with Crippen LogP contribution in [0.5, 0.6) is 11.5 Å². The van der Waals surface area contributed by atoms with Crippen molar-refractivity contribution in [3.63, 3.8) is 0 Å². The van der Waals surface area contributed by atoms with E-state index in [0.29, 0.717) is 5.75 Å². The number of amides is 1. The predicted molar refractivity (Wildman–Crippen MR) is 72.6 cm³/mol. The van der Waals surface area contributed by atoms with E-state index in [1.807, 2.05) is 0 Å². The van der Waals surface area contributed by atoms with Crippen molar-refractivity contribution in [3.05, 3.63) is 23.8 Å². The summed E-state index contributed by atoms with van der Waals surface area (Å²) in [5, 5.41) is 16.0.